The van der Waals surface area contributed by atoms with E-state index in [1.807, 2.05) is 6.20 Å². The number of halogens is 2. The first-order valence-corrected chi connectivity index (χ1v) is 8.52. The predicted octanol–water partition coefficient (Wildman–Crippen LogP) is 6.09. The number of rotatable bonds is 4. The Balaban J connectivity index is 2.13. The van der Waals surface area contributed by atoms with Crippen molar-refractivity contribution in [2.75, 3.05) is 5.32 Å². The molecule has 0 radical (unpaired) electrons. The van der Waals surface area contributed by atoms with Gasteiger partial charge in [0.1, 0.15) is 0 Å². The largest absolute Gasteiger partial charge is 0.361 e. The third-order valence-corrected chi connectivity index (χ3v) is 5.27. The lowest BCUT2D eigenvalue weighted by Gasteiger charge is -2.36. The van der Waals surface area contributed by atoms with E-state index in [0.717, 1.165) is 30.5 Å². The number of allylic oxidation sites excluding steroid dienone is 1. The Labute approximate surface area is 142 Å². The molecule has 1 N–H and O–H groups in total. The summed E-state index contributed by atoms with van der Waals surface area (Å²) < 4.78 is 0. The fourth-order valence-corrected chi connectivity index (χ4v) is 3.38. The van der Waals surface area contributed by atoms with Crippen LogP contribution in [0, 0.1) is 11.3 Å². The van der Waals surface area contributed by atoms with Gasteiger partial charge < -0.3 is 5.32 Å². The van der Waals surface area contributed by atoms with Gasteiger partial charge in [-0.3, -0.25) is 4.79 Å². The normalized spacial score (nSPS) is 21.2. The second-order valence-electron chi connectivity index (χ2n) is 6.68. The van der Waals surface area contributed by atoms with Crippen LogP contribution in [0.25, 0.3) is 0 Å². The third kappa shape index (κ3) is 4.27. The summed E-state index contributed by atoms with van der Waals surface area (Å²) in [6, 6.07) is 5.28. The lowest BCUT2D eigenvalue weighted by Crippen LogP contribution is -2.29. The SMILES string of the molecule is CCC(C)(C)[C@H]1CCC(=O)/C(=C/Nc2cc(Cl)cc(Cl)c2)C1. The summed E-state index contributed by atoms with van der Waals surface area (Å²) in [7, 11) is 0. The number of nitrogens with one attached hydrogen (secondary N) is 1. The molecule has 1 saturated carbocycles. The molecule has 1 atom stereocenters. The van der Waals surface area contributed by atoms with Crippen molar-refractivity contribution in [3.05, 3.63) is 40.0 Å². The van der Waals surface area contributed by atoms with Crippen molar-refractivity contribution >= 4 is 34.7 Å². The molecule has 0 amide bonds. The zero-order valence-electron chi connectivity index (χ0n) is 13.4. The molecule has 2 nitrogen and oxygen atoms in total. The van der Waals surface area contributed by atoms with Crippen LogP contribution >= 0.6 is 23.2 Å². The molecule has 1 aromatic carbocycles. The van der Waals surface area contributed by atoms with Gasteiger partial charge in [-0.05, 0) is 42.4 Å². The molecule has 0 spiro atoms. The van der Waals surface area contributed by atoms with E-state index in [1.165, 1.54) is 0 Å². The van der Waals surface area contributed by atoms with Gasteiger partial charge in [0.05, 0.1) is 0 Å². The summed E-state index contributed by atoms with van der Waals surface area (Å²) >= 11 is 12.0. The molecule has 0 aromatic heterocycles. The van der Waals surface area contributed by atoms with Crippen LogP contribution in [0.5, 0.6) is 0 Å². The molecule has 4 heteroatoms. The molecule has 1 aliphatic rings. The van der Waals surface area contributed by atoms with Crippen molar-refractivity contribution in [2.24, 2.45) is 11.3 Å². The van der Waals surface area contributed by atoms with E-state index in [1.54, 1.807) is 18.2 Å². The zero-order chi connectivity index (χ0) is 16.3. The Morgan fingerprint density at radius 3 is 2.50 bits per heavy atom. The van der Waals surface area contributed by atoms with Crippen LogP contribution in [0.3, 0.4) is 0 Å². The molecule has 0 heterocycles. The molecule has 0 bridgehead atoms. The first-order chi connectivity index (χ1) is 10.3. The highest BCUT2D eigenvalue weighted by Gasteiger charge is 2.33. The Kier molecular flexibility index (Phi) is 5.57. The van der Waals surface area contributed by atoms with Crippen molar-refractivity contribution < 1.29 is 4.79 Å². The maximum atomic E-state index is 12.1. The van der Waals surface area contributed by atoms with Gasteiger partial charge in [0.2, 0.25) is 0 Å². The van der Waals surface area contributed by atoms with Gasteiger partial charge in [-0.1, -0.05) is 50.4 Å². The van der Waals surface area contributed by atoms with Crippen LogP contribution < -0.4 is 5.32 Å². The summed E-state index contributed by atoms with van der Waals surface area (Å²) in [5.41, 5.74) is 1.93. The molecule has 22 heavy (non-hydrogen) atoms. The first kappa shape index (κ1) is 17.4. The van der Waals surface area contributed by atoms with E-state index in [0.29, 0.717) is 22.4 Å². The molecule has 0 saturated heterocycles. The maximum absolute atomic E-state index is 12.1. The van der Waals surface area contributed by atoms with Crippen molar-refractivity contribution in [1.29, 1.82) is 0 Å². The number of benzene rings is 1. The fourth-order valence-electron chi connectivity index (χ4n) is 2.85. The minimum atomic E-state index is 0.240. The highest BCUT2D eigenvalue weighted by Crippen LogP contribution is 2.41. The molecule has 1 aromatic rings. The molecule has 1 aliphatic carbocycles. The van der Waals surface area contributed by atoms with Crippen LogP contribution in [0.15, 0.2) is 30.0 Å². The quantitative estimate of drug-likeness (QED) is 0.672. The Morgan fingerprint density at radius 2 is 1.91 bits per heavy atom. The topological polar surface area (TPSA) is 29.1 Å². The average molecular weight is 340 g/mol. The number of hydrogen-bond acceptors (Lipinski definition) is 2. The third-order valence-electron chi connectivity index (χ3n) is 4.84. The van der Waals surface area contributed by atoms with E-state index in [9.17, 15) is 4.79 Å². The van der Waals surface area contributed by atoms with Crippen LogP contribution in [0.2, 0.25) is 10.0 Å². The van der Waals surface area contributed by atoms with Gasteiger partial charge in [0.25, 0.3) is 0 Å². The fraction of sp³-hybridized carbons (Fsp3) is 0.500. The second kappa shape index (κ2) is 7.06. The molecule has 1 fully saturated rings. The van der Waals surface area contributed by atoms with E-state index >= 15 is 0 Å². The number of ketones is 1. The lowest BCUT2D eigenvalue weighted by atomic mass is 9.68. The highest BCUT2D eigenvalue weighted by molar-refractivity contribution is 6.35. The number of carbonyl (C=O) groups is 1. The van der Waals surface area contributed by atoms with Crippen LogP contribution in [-0.2, 0) is 4.79 Å². The van der Waals surface area contributed by atoms with E-state index in [4.69, 9.17) is 23.2 Å². The summed E-state index contributed by atoms with van der Waals surface area (Å²) in [4.78, 5) is 12.1. The summed E-state index contributed by atoms with van der Waals surface area (Å²) in [5, 5.41) is 4.32. The maximum Gasteiger partial charge on any atom is 0.160 e. The minimum absolute atomic E-state index is 0.240. The molecule has 0 unspecified atom stereocenters. The average Bonchev–Trinajstić information content (AvgIpc) is 2.45. The van der Waals surface area contributed by atoms with Crippen molar-refractivity contribution in [3.63, 3.8) is 0 Å². The number of Topliss-reactive ketones (excluding diaryl/α,β-unsaturated/α-hetero) is 1. The summed E-state index contributed by atoms with van der Waals surface area (Å²) in [6.07, 6.45) is 5.40. The minimum Gasteiger partial charge on any atom is -0.361 e. The smallest absolute Gasteiger partial charge is 0.160 e. The first-order valence-electron chi connectivity index (χ1n) is 7.76. The summed E-state index contributed by atoms with van der Waals surface area (Å²) in [5.74, 6) is 0.787. The summed E-state index contributed by atoms with van der Waals surface area (Å²) in [6.45, 7) is 6.79. The van der Waals surface area contributed by atoms with Gasteiger partial charge in [-0.2, -0.15) is 0 Å². The van der Waals surface area contributed by atoms with Crippen molar-refractivity contribution in [1.82, 2.24) is 0 Å². The van der Waals surface area contributed by atoms with Crippen LogP contribution in [0.1, 0.15) is 46.5 Å². The monoisotopic (exact) mass is 339 g/mol. The van der Waals surface area contributed by atoms with Crippen LogP contribution in [-0.4, -0.2) is 5.78 Å². The number of carbonyl (C=O) groups excluding carboxylic acids is 1. The van der Waals surface area contributed by atoms with Crippen molar-refractivity contribution in [2.45, 2.75) is 46.5 Å². The molecule has 120 valence electrons. The molecular weight excluding hydrogens is 317 g/mol. The standard InChI is InChI=1S/C18H23Cl2NO/c1-4-18(2,3)13-5-6-17(22)12(7-13)11-21-16-9-14(19)8-15(20)10-16/h8-11,13,21H,4-7H2,1-3H3/b12-11+/t13-/m0/s1. The molecular formula is C18H23Cl2NO. The Morgan fingerprint density at radius 1 is 1.27 bits per heavy atom. The Hall–Kier alpha value is -0.990. The highest BCUT2D eigenvalue weighted by atomic mass is 35.5. The number of hydrogen-bond donors (Lipinski definition) is 1. The lowest BCUT2D eigenvalue weighted by molar-refractivity contribution is -0.117. The van der Waals surface area contributed by atoms with Crippen molar-refractivity contribution in [3.8, 4) is 0 Å². The van der Waals surface area contributed by atoms with Crippen LogP contribution in [0.4, 0.5) is 5.69 Å². The van der Waals surface area contributed by atoms with E-state index < -0.39 is 0 Å². The van der Waals surface area contributed by atoms with Gasteiger partial charge in [0.15, 0.2) is 5.78 Å². The van der Waals surface area contributed by atoms with Gasteiger partial charge in [-0.25, -0.2) is 0 Å². The molecule has 2 rings (SSSR count). The predicted molar refractivity (Wildman–Crippen MR) is 94.6 cm³/mol. The van der Waals surface area contributed by atoms with E-state index in [-0.39, 0.29) is 11.2 Å². The second-order valence-corrected chi connectivity index (χ2v) is 7.55. The van der Waals surface area contributed by atoms with Gasteiger partial charge in [-0.15, -0.1) is 0 Å². The van der Waals surface area contributed by atoms with Gasteiger partial charge in [0, 0.05) is 33.9 Å². The molecule has 0 aliphatic heterocycles. The van der Waals surface area contributed by atoms with Gasteiger partial charge >= 0.3 is 0 Å². The number of anilines is 1. The zero-order valence-corrected chi connectivity index (χ0v) is 14.9. The Bertz CT molecular complexity index is 572. The van der Waals surface area contributed by atoms with E-state index in [2.05, 4.69) is 26.1 Å².